The molecule has 0 aromatic heterocycles. The zero-order valence-corrected chi connectivity index (χ0v) is 6.44. The second kappa shape index (κ2) is 6.51. The summed E-state index contributed by atoms with van der Waals surface area (Å²) in [5.41, 5.74) is 5.04. The van der Waals surface area contributed by atoms with Gasteiger partial charge in [-0.3, -0.25) is 4.79 Å². The van der Waals surface area contributed by atoms with Gasteiger partial charge < -0.3 is 4.84 Å². The van der Waals surface area contributed by atoms with Gasteiger partial charge in [-0.25, -0.2) is 5.43 Å². The van der Waals surface area contributed by atoms with Crippen molar-refractivity contribution in [3.05, 3.63) is 0 Å². The molecule has 0 saturated carbocycles. The van der Waals surface area contributed by atoms with Crippen molar-refractivity contribution in [2.75, 3.05) is 6.54 Å². The first-order valence-electron chi connectivity index (χ1n) is 3.42. The van der Waals surface area contributed by atoms with E-state index >= 15 is 0 Å². The smallest absolute Gasteiger partial charge is 0.323 e. The minimum absolute atomic E-state index is 0.344. The third-order valence-electron chi connectivity index (χ3n) is 0.922. The molecule has 0 rings (SSSR count). The average molecular weight is 146 g/mol. The zero-order chi connectivity index (χ0) is 7.82. The molecular weight excluding hydrogens is 132 g/mol. The Hall–Kier alpha value is -0.610. The molecular formula is C6H14N2O2. The van der Waals surface area contributed by atoms with E-state index in [4.69, 9.17) is 0 Å². The fourth-order valence-corrected chi connectivity index (χ4v) is 0.424. The van der Waals surface area contributed by atoms with Crippen LogP contribution in [0.5, 0.6) is 0 Å². The molecule has 0 bridgehead atoms. The number of hydrogen-bond acceptors (Lipinski definition) is 4. The highest BCUT2D eigenvalue weighted by molar-refractivity contribution is 5.65. The van der Waals surface area contributed by atoms with E-state index in [1.165, 1.54) is 6.92 Å². The molecule has 2 N–H and O–H groups in total. The van der Waals surface area contributed by atoms with Crippen molar-refractivity contribution in [2.45, 2.75) is 26.7 Å². The van der Waals surface area contributed by atoms with Gasteiger partial charge in [0.1, 0.15) is 0 Å². The van der Waals surface area contributed by atoms with Crippen molar-refractivity contribution in [3.63, 3.8) is 0 Å². The molecule has 0 heterocycles. The number of unbranched alkanes of at least 4 members (excludes halogenated alkanes) is 1. The summed E-state index contributed by atoms with van der Waals surface area (Å²) in [6.45, 7) is 4.24. The highest BCUT2D eigenvalue weighted by Gasteiger charge is 1.88. The second-order valence-corrected chi connectivity index (χ2v) is 1.98. The summed E-state index contributed by atoms with van der Waals surface area (Å²) in [5, 5.41) is 0. The number of carbonyl (C=O) groups is 1. The van der Waals surface area contributed by atoms with E-state index < -0.39 is 0 Å². The quantitative estimate of drug-likeness (QED) is 0.434. The molecule has 0 atom stereocenters. The molecule has 0 aromatic rings. The number of hydrogen-bond donors (Lipinski definition) is 2. The molecule has 4 nitrogen and oxygen atoms in total. The molecule has 0 aliphatic carbocycles. The Morgan fingerprint density at radius 1 is 1.60 bits per heavy atom. The maximum atomic E-state index is 10.2. The first-order valence-corrected chi connectivity index (χ1v) is 3.42. The van der Waals surface area contributed by atoms with E-state index in [0.717, 1.165) is 19.4 Å². The van der Waals surface area contributed by atoms with E-state index in [1.807, 2.05) is 0 Å². The number of hydrazine groups is 1. The second-order valence-electron chi connectivity index (χ2n) is 1.98. The predicted octanol–water partition coefficient (Wildman–Crippen LogP) is 0.359. The van der Waals surface area contributed by atoms with Gasteiger partial charge in [-0.05, 0) is 6.42 Å². The molecule has 0 amide bonds. The van der Waals surface area contributed by atoms with Crippen LogP contribution >= 0.6 is 0 Å². The molecule has 0 radical (unpaired) electrons. The van der Waals surface area contributed by atoms with Crippen molar-refractivity contribution >= 4 is 5.97 Å². The molecule has 0 spiro atoms. The lowest BCUT2D eigenvalue weighted by Crippen LogP contribution is -2.33. The van der Waals surface area contributed by atoms with Gasteiger partial charge in [0.15, 0.2) is 0 Å². The molecule has 0 saturated heterocycles. The molecule has 4 heteroatoms. The van der Waals surface area contributed by atoms with E-state index in [2.05, 4.69) is 22.8 Å². The minimum Gasteiger partial charge on any atom is -0.356 e. The maximum Gasteiger partial charge on any atom is 0.323 e. The Balaban J connectivity index is 2.84. The van der Waals surface area contributed by atoms with Gasteiger partial charge in [-0.15, -0.1) is 0 Å². The summed E-state index contributed by atoms with van der Waals surface area (Å²) in [6.07, 6.45) is 2.18. The topological polar surface area (TPSA) is 50.4 Å². The Kier molecular flexibility index (Phi) is 6.11. The molecule has 0 aromatic carbocycles. The van der Waals surface area contributed by atoms with Crippen LogP contribution in [0.3, 0.4) is 0 Å². The van der Waals surface area contributed by atoms with Gasteiger partial charge in [-0.2, -0.15) is 0 Å². The lowest BCUT2D eigenvalue weighted by molar-refractivity contribution is -0.150. The maximum absolute atomic E-state index is 10.2. The van der Waals surface area contributed by atoms with Crippen LogP contribution < -0.4 is 11.0 Å². The first-order chi connectivity index (χ1) is 4.77. The summed E-state index contributed by atoms with van der Waals surface area (Å²) >= 11 is 0. The van der Waals surface area contributed by atoms with Crippen LogP contribution in [0.4, 0.5) is 0 Å². The number of nitrogens with one attached hydrogen (secondary N) is 2. The van der Waals surface area contributed by atoms with Crippen LogP contribution in [0.1, 0.15) is 26.7 Å². The fourth-order valence-electron chi connectivity index (χ4n) is 0.424. The van der Waals surface area contributed by atoms with Gasteiger partial charge in [0.2, 0.25) is 0 Å². The summed E-state index contributed by atoms with van der Waals surface area (Å²) in [4.78, 5) is 14.5. The van der Waals surface area contributed by atoms with Crippen molar-refractivity contribution in [3.8, 4) is 0 Å². The van der Waals surface area contributed by atoms with Crippen molar-refractivity contribution in [2.24, 2.45) is 0 Å². The van der Waals surface area contributed by atoms with Gasteiger partial charge >= 0.3 is 5.97 Å². The van der Waals surface area contributed by atoms with Crippen LogP contribution in [0.15, 0.2) is 0 Å². The van der Waals surface area contributed by atoms with Gasteiger partial charge in [-0.1, -0.05) is 18.9 Å². The number of carbonyl (C=O) groups excluding carboxylic acids is 1. The predicted molar refractivity (Wildman–Crippen MR) is 37.8 cm³/mol. The van der Waals surface area contributed by atoms with Crippen LogP contribution in [0.25, 0.3) is 0 Å². The molecule has 10 heavy (non-hydrogen) atoms. The summed E-state index contributed by atoms with van der Waals surface area (Å²) in [6, 6.07) is 0. The molecule has 60 valence electrons. The van der Waals surface area contributed by atoms with E-state index in [1.54, 1.807) is 0 Å². The Morgan fingerprint density at radius 2 is 2.30 bits per heavy atom. The molecule has 0 unspecified atom stereocenters. The Morgan fingerprint density at radius 3 is 2.80 bits per heavy atom. The lowest BCUT2D eigenvalue weighted by atomic mass is 10.3. The van der Waals surface area contributed by atoms with Crippen LogP contribution in [0, 0.1) is 0 Å². The normalized spacial score (nSPS) is 9.40. The third kappa shape index (κ3) is 7.39. The van der Waals surface area contributed by atoms with Crippen molar-refractivity contribution < 1.29 is 9.63 Å². The number of rotatable bonds is 5. The largest absolute Gasteiger partial charge is 0.356 e. The fraction of sp³-hybridized carbons (Fsp3) is 0.833. The van der Waals surface area contributed by atoms with E-state index in [0.29, 0.717) is 0 Å². The molecule has 0 fully saturated rings. The highest BCUT2D eigenvalue weighted by Crippen LogP contribution is 1.80. The SMILES string of the molecule is CCCCNNOC(C)=O. The van der Waals surface area contributed by atoms with Crippen molar-refractivity contribution in [1.29, 1.82) is 0 Å². The van der Waals surface area contributed by atoms with E-state index in [9.17, 15) is 4.79 Å². The monoisotopic (exact) mass is 146 g/mol. The van der Waals surface area contributed by atoms with E-state index in [-0.39, 0.29) is 5.97 Å². The average Bonchev–Trinajstić information content (AvgIpc) is 1.87. The van der Waals surface area contributed by atoms with Gasteiger partial charge in [0.25, 0.3) is 0 Å². The van der Waals surface area contributed by atoms with Gasteiger partial charge in [0.05, 0.1) is 0 Å². The highest BCUT2D eigenvalue weighted by atomic mass is 16.7. The molecule has 0 aliphatic heterocycles. The van der Waals surface area contributed by atoms with Crippen molar-refractivity contribution in [1.82, 2.24) is 11.0 Å². The minimum atomic E-state index is -0.344. The Bertz CT molecular complexity index is 95.7. The molecule has 0 aliphatic rings. The van der Waals surface area contributed by atoms with Gasteiger partial charge in [0, 0.05) is 13.5 Å². The standard InChI is InChI=1S/C6H14N2O2/c1-3-4-5-7-8-10-6(2)9/h7-8H,3-5H2,1-2H3. The van der Waals surface area contributed by atoms with Crippen LogP contribution in [0.2, 0.25) is 0 Å². The van der Waals surface area contributed by atoms with Crippen LogP contribution in [-0.4, -0.2) is 12.5 Å². The van der Waals surface area contributed by atoms with Crippen LogP contribution in [-0.2, 0) is 9.63 Å². The summed E-state index contributed by atoms with van der Waals surface area (Å²) < 4.78 is 0. The zero-order valence-electron chi connectivity index (χ0n) is 6.44. The Labute approximate surface area is 60.9 Å². The summed E-state index contributed by atoms with van der Waals surface area (Å²) in [7, 11) is 0. The summed E-state index contributed by atoms with van der Waals surface area (Å²) in [5.74, 6) is -0.344. The lowest BCUT2D eigenvalue weighted by Gasteiger charge is -2.03. The first kappa shape index (κ1) is 9.39. The third-order valence-corrected chi connectivity index (χ3v) is 0.922.